The topological polar surface area (TPSA) is 44.8 Å². The third-order valence-corrected chi connectivity index (χ3v) is 3.11. The van der Waals surface area contributed by atoms with Crippen LogP contribution in [0.15, 0.2) is 11.8 Å². The summed E-state index contributed by atoms with van der Waals surface area (Å²) in [5, 5.41) is 0. The third kappa shape index (κ3) is 9.44. The van der Waals surface area contributed by atoms with E-state index in [1.54, 1.807) is 6.26 Å². The van der Waals surface area contributed by atoms with Crippen LogP contribution in [0, 0.1) is 0 Å². The number of carbonyl (C=O) groups excluding carboxylic acids is 1. The second kappa shape index (κ2) is 7.11. The Morgan fingerprint density at radius 1 is 1.06 bits per heavy atom. The highest BCUT2D eigenvalue weighted by Gasteiger charge is 2.22. The molecule has 0 radical (unpaired) electrons. The van der Waals surface area contributed by atoms with Crippen LogP contribution in [-0.2, 0) is 18.7 Å². The van der Waals surface area contributed by atoms with E-state index in [9.17, 15) is 4.79 Å². The summed E-state index contributed by atoms with van der Waals surface area (Å²) in [6, 6.07) is 0. The fourth-order valence-electron chi connectivity index (χ4n) is 0.943. The predicted octanol–water partition coefficient (Wildman–Crippen LogP) is 3.83. The van der Waals surface area contributed by atoms with E-state index in [1.165, 1.54) is 0 Å². The Kier molecular flexibility index (Phi) is 6.87. The van der Waals surface area contributed by atoms with E-state index in [4.69, 9.17) is 13.9 Å². The van der Waals surface area contributed by atoms with Gasteiger partial charge in [-0.3, -0.25) is 0 Å². The first-order valence-electron chi connectivity index (χ1n) is 6.32. The molecule has 0 saturated carbocycles. The Morgan fingerprint density at radius 3 is 2.00 bits per heavy atom. The minimum absolute atomic E-state index is 0.433. The molecule has 4 nitrogen and oxygen atoms in total. The van der Waals surface area contributed by atoms with E-state index in [0.717, 1.165) is 6.42 Å². The molecule has 0 amide bonds. The summed E-state index contributed by atoms with van der Waals surface area (Å²) in [4.78, 5) is 16.7. The van der Waals surface area contributed by atoms with Crippen LogP contribution in [0.1, 0.15) is 19.8 Å². The van der Waals surface area contributed by atoms with E-state index in [-0.39, 0.29) is 0 Å². The summed E-state index contributed by atoms with van der Waals surface area (Å²) in [6.07, 6.45) is 3.05. The molecule has 0 aliphatic rings. The lowest BCUT2D eigenvalue weighted by Gasteiger charge is -2.18. The van der Waals surface area contributed by atoms with Crippen molar-refractivity contribution in [2.45, 2.75) is 59.0 Å². The zero-order valence-corrected chi connectivity index (χ0v) is 14.6. The summed E-state index contributed by atoms with van der Waals surface area (Å²) in [6.45, 7) is 14.1. The standard InChI is InChI=1S/C12H26O4Si2/c1-8-9-11(10-14-17(2,3)4)12(13)15-16-18(5,6)7/h10H,8-9H2,1-7H3. The zero-order valence-electron chi connectivity index (χ0n) is 12.6. The fourth-order valence-corrected chi connectivity index (χ4v) is 1.76. The molecule has 0 rings (SSSR count). The van der Waals surface area contributed by atoms with Crippen LogP contribution in [-0.4, -0.2) is 22.6 Å². The van der Waals surface area contributed by atoms with E-state index < -0.39 is 22.6 Å². The number of hydrogen-bond acceptors (Lipinski definition) is 4. The first-order valence-corrected chi connectivity index (χ1v) is 13.1. The number of hydrogen-bond donors (Lipinski definition) is 0. The van der Waals surface area contributed by atoms with Crippen LogP contribution in [0.25, 0.3) is 0 Å². The molecule has 6 heteroatoms. The van der Waals surface area contributed by atoms with Gasteiger partial charge in [-0.25, -0.2) is 9.37 Å². The monoisotopic (exact) mass is 290 g/mol. The van der Waals surface area contributed by atoms with Gasteiger partial charge in [0, 0.05) is 0 Å². The van der Waals surface area contributed by atoms with Gasteiger partial charge >= 0.3 is 5.97 Å². The number of rotatable bonds is 7. The first-order chi connectivity index (χ1) is 8.05. The van der Waals surface area contributed by atoms with E-state index in [2.05, 4.69) is 19.6 Å². The molecule has 0 aromatic heterocycles. The van der Waals surface area contributed by atoms with Crippen LogP contribution in [0.5, 0.6) is 0 Å². The maximum atomic E-state index is 11.8. The lowest BCUT2D eigenvalue weighted by molar-refractivity contribution is -0.214. The Balaban J connectivity index is 4.54. The van der Waals surface area contributed by atoms with Crippen LogP contribution in [0.3, 0.4) is 0 Å². The lowest BCUT2D eigenvalue weighted by atomic mass is 10.2. The summed E-state index contributed by atoms with van der Waals surface area (Å²) in [5.74, 6) is -0.433. The predicted molar refractivity (Wildman–Crippen MR) is 77.9 cm³/mol. The molecular weight excluding hydrogens is 264 g/mol. The Morgan fingerprint density at radius 2 is 1.61 bits per heavy atom. The van der Waals surface area contributed by atoms with Gasteiger partial charge in [-0.15, -0.1) is 0 Å². The molecule has 0 N–H and O–H groups in total. The van der Waals surface area contributed by atoms with Crippen molar-refractivity contribution in [3.63, 3.8) is 0 Å². The van der Waals surface area contributed by atoms with Crippen molar-refractivity contribution < 1.29 is 18.7 Å². The molecule has 106 valence electrons. The van der Waals surface area contributed by atoms with Crippen LogP contribution in [0.2, 0.25) is 39.3 Å². The molecule has 0 aromatic rings. The minimum atomic E-state index is -1.85. The van der Waals surface area contributed by atoms with Crippen molar-refractivity contribution in [1.82, 2.24) is 0 Å². The highest BCUT2D eigenvalue weighted by Crippen LogP contribution is 2.13. The summed E-state index contributed by atoms with van der Waals surface area (Å²) < 4.78 is 10.8. The van der Waals surface area contributed by atoms with E-state index in [1.807, 2.05) is 26.6 Å². The van der Waals surface area contributed by atoms with Crippen molar-refractivity contribution in [3.05, 3.63) is 11.8 Å². The van der Waals surface area contributed by atoms with Gasteiger partial charge in [-0.05, 0) is 45.7 Å². The maximum Gasteiger partial charge on any atom is 0.370 e. The minimum Gasteiger partial charge on any atom is -0.549 e. The van der Waals surface area contributed by atoms with E-state index >= 15 is 0 Å². The quantitative estimate of drug-likeness (QED) is 0.235. The average Bonchev–Trinajstić information content (AvgIpc) is 2.18. The molecule has 0 aliphatic carbocycles. The van der Waals surface area contributed by atoms with E-state index in [0.29, 0.717) is 12.0 Å². The summed E-state index contributed by atoms with van der Waals surface area (Å²) in [7, 11) is -3.52. The van der Waals surface area contributed by atoms with Gasteiger partial charge in [0.1, 0.15) is 0 Å². The Labute approximate surface area is 113 Å². The van der Waals surface area contributed by atoms with Crippen molar-refractivity contribution in [2.24, 2.45) is 0 Å². The first kappa shape index (κ1) is 17.4. The molecule has 0 fully saturated rings. The second-order valence-electron chi connectivity index (χ2n) is 6.19. The Hall–Kier alpha value is -0.596. The van der Waals surface area contributed by atoms with Gasteiger partial charge in [0.2, 0.25) is 16.6 Å². The van der Waals surface area contributed by atoms with Crippen molar-refractivity contribution >= 4 is 22.6 Å². The fraction of sp³-hybridized carbons (Fsp3) is 0.750. The van der Waals surface area contributed by atoms with Crippen molar-refractivity contribution in [2.75, 3.05) is 0 Å². The third-order valence-electron chi connectivity index (χ3n) is 1.70. The molecule has 0 saturated heterocycles. The Bertz CT molecular complexity index is 300. The molecule has 0 aromatic carbocycles. The van der Waals surface area contributed by atoms with Gasteiger partial charge in [0.25, 0.3) is 0 Å². The van der Waals surface area contributed by atoms with Gasteiger partial charge in [0.05, 0.1) is 11.8 Å². The summed E-state index contributed by atoms with van der Waals surface area (Å²) >= 11 is 0. The van der Waals surface area contributed by atoms with Crippen LogP contribution in [0.4, 0.5) is 0 Å². The van der Waals surface area contributed by atoms with Gasteiger partial charge in [0.15, 0.2) is 0 Å². The molecular formula is C12H26O4Si2. The van der Waals surface area contributed by atoms with Gasteiger partial charge < -0.3 is 9.31 Å². The normalized spacial score (nSPS) is 13.4. The van der Waals surface area contributed by atoms with Gasteiger partial charge in [-0.2, -0.15) is 0 Å². The van der Waals surface area contributed by atoms with Crippen LogP contribution < -0.4 is 0 Å². The molecule has 0 heterocycles. The van der Waals surface area contributed by atoms with Crippen LogP contribution >= 0.6 is 0 Å². The SMILES string of the molecule is CCCC(=CO[Si](C)(C)C)C(=O)OO[Si](C)(C)C. The molecule has 0 atom stereocenters. The largest absolute Gasteiger partial charge is 0.549 e. The molecule has 18 heavy (non-hydrogen) atoms. The zero-order chi connectivity index (χ0) is 14.4. The smallest absolute Gasteiger partial charge is 0.370 e. The van der Waals surface area contributed by atoms with Crippen molar-refractivity contribution in [1.29, 1.82) is 0 Å². The second-order valence-corrected chi connectivity index (χ2v) is 15.0. The highest BCUT2D eigenvalue weighted by molar-refractivity contribution is 6.70. The molecule has 0 spiro atoms. The average molecular weight is 291 g/mol. The van der Waals surface area contributed by atoms with Crippen molar-refractivity contribution in [3.8, 4) is 0 Å². The number of carbonyl (C=O) groups is 1. The maximum absolute atomic E-state index is 11.8. The lowest BCUT2D eigenvalue weighted by Crippen LogP contribution is -2.28. The molecule has 0 aliphatic heterocycles. The molecule has 0 bridgehead atoms. The highest BCUT2D eigenvalue weighted by atomic mass is 28.4. The molecule has 0 unspecified atom stereocenters. The summed E-state index contributed by atoms with van der Waals surface area (Å²) in [5.41, 5.74) is 0.540. The van der Waals surface area contributed by atoms with Gasteiger partial charge in [-0.1, -0.05) is 13.3 Å².